The van der Waals surface area contributed by atoms with Gasteiger partial charge in [-0.3, -0.25) is 9.78 Å². The smallest absolute Gasteiger partial charge is 0.357 e. The van der Waals surface area contributed by atoms with Crippen LogP contribution in [0.5, 0.6) is 0 Å². The molecule has 10 heteroatoms. The molecule has 1 fully saturated rings. The monoisotopic (exact) mass is 436 g/mol. The number of H-pyrrole nitrogens is 1. The lowest BCUT2D eigenvalue weighted by molar-refractivity contribution is 0.0520. The molecule has 4 aromatic rings. The van der Waals surface area contributed by atoms with Gasteiger partial charge in [0.2, 0.25) is 5.95 Å². The third-order valence-electron chi connectivity index (χ3n) is 5.24. The molecular weight excluding hydrogens is 416 g/mol. The van der Waals surface area contributed by atoms with Crippen molar-refractivity contribution in [1.82, 2.24) is 24.7 Å². The van der Waals surface area contributed by atoms with Gasteiger partial charge in [-0.2, -0.15) is 10.1 Å². The van der Waals surface area contributed by atoms with Crippen LogP contribution in [0.25, 0.3) is 16.7 Å². The molecular formula is C21H20N6O3S. The molecule has 1 aliphatic rings. The van der Waals surface area contributed by atoms with E-state index in [1.807, 2.05) is 35.2 Å². The number of hydrogen-bond acceptors (Lipinski definition) is 8. The molecule has 0 spiro atoms. The molecule has 9 nitrogen and oxygen atoms in total. The molecule has 1 aromatic carbocycles. The zero-order valence-electron chi connectivity index (χ0n) is 16.8. The van der Waals surface area contributed by atoms with Gasteiger partial charge in [-0.05, 0) is 31.9 Å². The lowest BCUT2D eigenvalue weighted by Gasteiger charge is -2.23. The first kappa shape index (κ1) is 19.4. The van der Waals surface area contributed by atoms with E-state index >= 15 is 0 Å². The van der Waals surface area contributed by atoms with E-state index in [1.165, 1.54) is 17.5 Å². The fourth-order valence-corrected chi connectivity index (χ4v) is 4.75. The number of nitrogens with zero attached hydrogens (tertiary/aromatic N) is 5. The SMILES string of the molecule is CCOC(=O)c1csc(C2CCCN2c2nc3c(cnn3-c3ccccc3)c(=O)[nH]2)n1. The summed E-state index contributed by atoms with van der Waals surface area (Å²) in [4.78, 5) is 38.9. The number of ether oxygens (including phenoxy) is 1. The van der Waals surface area contributed by atoms with Crippen molar-refractivity contribution >= 4 is 34.3 Å². The quantitative estimate of drug-likeness (QED) is 0.479. The summed E-state index contributed by atoms with van der Waals surface area (Å²) in [5.74, 6) is 0.0554. The van der Waals surface area contributed by atoms with Crippen molar-refractivity contribution in [1.29, 1.82) is 0 Å². The summed E-state index contributed by atoms with van der Waals surface area (Å²) in [7, 11) is 0. The molecule has 1 aliphatic heterocycles. The number of aromatic amines is 1. The van der Waals surface area contributed by atoms with Gasteiger partial charge in [0.25, 0.3) is 5.56 Å². The van der Waals surface area contributed by atoms with E-state index in [4.69, 9.17) is 9.72 Å². The van der Waals surface area contributed by atoms with E-state index in [1.54, 1.807) is 17.0 Å². The summed E-state index contributed by atoms with van der Waals surface area (Å²) in [6.45, 7) is 2.80. The Labute approximate surface area is 181 Å². The Hall–Kier alpha value is -3.53. The van der Waals surface area contributed by atoms with Crippen LogP contribution in [0.1, 0.15) is 41.3 Å². The summed E-state index contributed by atoms with van der Waals surface area (Å²) in [5, 5.41) is 7.32. The maximum atomic E-state index is 12.8. The number of benzene rings is 1. The summed E-state index contributed by atoms with van der Waals surface area (Å²) >= 11 is 1.42. The van der Waals surface area contributed by atoms with E-state index in [9.17, 15) is 9.59 Å². The first-order chi connectivity index (χ1) is 15.2. The number of nitrogens with one attached hydrogen (secondary N) is 1. The van der Waals surface area contributed by atoms with Crippen LogP contribution >= 0.6 is 11.3 Å². The third kappa shape index (κ3) is 3.48. The number of carbonyl (C=O) groups is 1. The van der Waals surface area contributed by atoms with Crippen LogP contribution in [-0.2, 0) is 4.74 Å². The van der Waals surface area contributed by atoms with Gasteiger partial charge < -0.3 is 9.64 Å². The van der Waals surface area contributed by atoms with Crippen molar-refractivity contribution in [3.8, 4) is 5.69 Å². The number of rotatable bonds is 5. The Kier molecular flexibility index (Phi) is 4.99. The van der Waals surface area contributed by atoms with Gasteiger partial charge in [0.15, 0.2) is 11.3 Å². The van der Waals surface area contributed by atoms with Gasteiger partial charge in [0.05, 0.1) is 24.5 Å². The average Bonchev–Trinajstić information content (AvgIpc) is 3.52. The Balaban J connectivity index is 1.53. The summed E-state index contributed by atoms with van der Waals surface area (Å²) in [6, 6.07) is 9.52. The van der Waals surface area contributed by atoms with E-state index in [0.717, 1.165) is 30.1 Å². The van der Waals surface area contributed by atoms with E-state index < -0.39 is 5.97 Å². The van der Waals surface area contributed by atoms with Crippen molar-refractivity contribution in [3.05, 3.63) is 63.0 Å². The van der Waals surface area contributed by atoms with Crippen LogP contribution < -0.4 is 10.5 Å². The minimum atomic E-state index is -0.422. The van der Waals surface area contributed by atoms with Crippen LogP contribution in [0.2, 0.25) is 0 Å². The number of fused-ring (bicyclic) bond motifs is 1. The second-order valence-corrected chi connectivity index (χ2v) is 8.05. The molecule has 158 valence electrons. The van der Waals surface area contributed by atoms with Crippen molar-refractivity contribution in [2.75, 3.05) is 18.1 Å². The first-order valence-electron chi connectivity index (χ1n) is 10.1. The molecule has 1 atom stereocenters. The minimum Gasteiger partial charge on any atom is -0.461 e. The normalized spacial score (nSPS) is 16.2. The van der Waals surface area contributed by atoms with Gasteiger partial charge in [-0.15, -0.1) is 11.3 Å². The van der Waals surface area contributed by atoms with Crippen molar-refractivity contribution in [2.45, 2.75) is 25.8 Å². The van der Waals surface area contributed by atoms with Gasteiger partial charge in [0.1, 0.15) is 10.4 Å². The second kappa shape index (κ2) is 7.95. The van der Waals surface area contributed by atoms with Crippen molar-refractivity contribution < 1.29 is 9.53 Å². The molecule has 0 aliphatic carbocycles. The largest absolute Gasteiger partial charge is 0.461 e. The van der Waals surface area contributed by atoms with Gasteiger partial charge in [-0.1, -0.05) is 18.2 Å². The summed E-state index contributed by atoms with van der Waals surface area (Å²) < 4.78 is 6.72. The molecule has 0 amide bonds. The number of aromatic nitrogens is 5. The Bertz CT molecular complexity index is 1300. The van der Waals surface area contributed by atoms with E-state index in [2.05, 4.69) is 15.1 Å². The van der Waals surface area contributed by atoms with Gasteiger partial charge in [-0.25, -0.2) is 14.5 Å². The summed E-state index contributed by atoms with van der Waals surface area (Å²) in [5.41, 5.74) is 1.41. The topological polar surface area (TPSA) is 106 Å². The van der Waals surface area contributed by atoms with E-state index in [-0.39, 0.29) is 11.6 Å². The molecule has 1 unspecified atom stereocenters. The molecule has 3 aromatic heterocycles. The zero-order valence-corrected chi connectivity index (χ0v) is 17.6. The Morgan fingerprint density at radius 2 is 2.13 bits per heavy atom. The van der Waals surface area contributed by atoms with Crippen LogP contribution in [0.15, 0.2) is 46.7 Å². The van der Waals surface area contributed by atoms with E-state index in [0.29, 0.717) is 29.3 Å². The lowest BCUT2D eigenvalue weighted by atomic mass is 10.2. The second-order valence-electron chi connectivity index (χ2n) is 7.16. The predicted molar refractivity (Wildman–Crippen MR) is 117 cm³/mol. The van der Waals surface area contributed by atoms with Gasteiger partial charge in [0, 0.05) is 11.9 Å². The minimum absolute atomic E-state index is 0.0677. The molecule has 31 heavy (non-hydrogen) atoms. The van der Waals surface area contributed by atoms with Crippen LogP contribution in [0, 0.1) is 0 Å². The average molecular weight is 436 g/mol. The third-order valence-corrected chi connectivity index (χ3v) is 6.19. The predicted octanol–water partition coefficient (Wildman–Crippen LogP) is 3.08. The maximum absolute atomic E-state index is 12.8. The zero-order chi connectivity index (χ0) is 21.4. The fraction of sp³-hybridized carbons (Fsp3) is 0.286. The molecule has 1 saturated heterocycles. The molecule has 5 rings (SSSR count). The number of esters is 1. The van der Waals surface area contributed by atoms with Gasteiger partial charge >= 0.3 is 5.97 Å². The van der Waals surface area contributed by atoms with Crippen LogP contribution in [0.4, 0.5) is 5.95 Å². The standard InChI is InChI=1S/C21H20N6O3S/c1-2-30-20(29)15-12-31-19(23-15)16-9-6-10-26(16)21-24-17-14(18(28)25-21)11-22-27(17)13-7-4-3-5-8-13/h3-5,7-8,11-12,16H,2,6,9-10H2,1H3,(H,24,25,28). The number of anilines is 1. The molecule has 0 radical (unpaired) electrons. The fourth-order valence-electron chi connectivity index (χ4n) is 3.82. The maximum Gasteiger partial charge on any atom is 0.357 e. The number of hydrogen-bond donors (Lipinski definition) is 1. The molecule has 1 N–H and O–H groups in total. The summed E-state index contributed by atoms with van der Waals surface area (Å²) in [6.07, 6.45) is 3.32. The number of carbonyl (C=O) groups excluding carboxylic acids is 1. The highest BCUT2D eigenvalue weighted by Crippen LogP contribution is 2.36. The highest BCUT2D eigenvalue weighted by Gasteiger charge is 2.31. The number of para-hydroxylation sites is 1. The van der Waals surface area contributed by atoms with Crippen molar-refractivity contribution in [3.63, 3.8) is 0 Å². The Morgan fingerprint density at radius 1 is 1.29 bits per heavy atom. The molecule has 4 heterocycles. The number of thiazole rings is 1. The molecule has 0 saturated carbocycles. The Morgan fingerprint density at radius 3 is 2.94 bits per heavy atom. The highest BCUT2D eigenvalue weighted by atomic mass is 32.1. The highest BCUT2D eigenvalue weighted by molar-refractivity contribution is 7.10. The lowest BCUT2D eigenvalue weighted by Crippen LogP contribution is -2.27. The van der Waals surface area contributed by atoms with Crippen LogP contribution in [0.3, 0.4) is 0 Å². The van der Waals surface area contributed by atoms with Crippen molar-refractivity contribution in [2.24, 2.45) is 0 Å². The first-order valence-corrected chi connectivity index (χ1v) is 11.0. The molecule has 0 bridgehead atoms. The van der Waals surface area contributed by atoms with Crippen LogP contribution in [-0.4, -0.2) is 43.9 Å².